The van der Waals surface area contributed by atoms with Gasteiger partial charge in [0.2, 0.25) is 26.0 Å². The molecule has 2 aromatic rings. The topological polar surface area (TPSA) is 130 Å². The second-order valence-corrected chi connectivity index (χ2v) is 11.7. The lowest BCUT2D eigenvalue weighted by molar-refractivity contribution is -0.114. The zero-order valence-corrected chi connectivity index (χ0v) is 21.1. The summed E-state index contributed by atoms with van der Waals surface area (Å²) in [6, 6.07) is 11.2. The van der Waals surface area contributed by atoms with Gasteiger partial charge >= 0.3 is 5.97 Å². The van der Waals surface area contributed by atoms with E-state index in [-0.39, 0.29) is 10.6 Å². The summed E-state index contributed by atoms with van der Waals surface area (Å²) in [5.41, 5.74) is 0.844. The molecule has 2 aromatic carbocycles. The average Bonchev–Trinajstić information content (AvgIpc) is 2.77. The highest BCUT2D eigenvalue weighted by Gasteiger charge is 2.23. The van der Waals surface area contributed by atoms with Crippen molar-refractivity contribution in [1.82, 2.24) is 4.31 Å². The first-order valence-corrected chi connectivity index (χ1v) is 13.7. The first-order valence-electron chi connectivity index (χ1n) is 10.4. The van der Waals surface area contributed by atoms with Crippen LogP contribution in [0.25, 0.3) is 0 Å². The van der Waals surface area contributed by atoms with Crippen LogP contribution in [0.3, 0.4) is 0 Å². The Bertz CT molecular complexity index is 1210. The molecule has 0 spiro atoms. The summed E-state index contributed by atoms with van der Waals surface area (Å²) < 4.78 is 56.1. The maximum atomic E-state index is 12.5. The predicted octanol–water partition coefficient (Wildman–Crippen LogP) is 2.30. The van der Waals surface area contributed by atoms with Crippen molar-refractivity contribution in [3.63, 3.8) is 0 Å². The van der Waals surface area contributed by atoms with E-state index in [1.165, 1.54) is 62.6 Å². The molecule has 0 bridgehead atoms. The van der Waals surface area contributed by atoms with Gasteiger partial charge in [-0.05, 0) is 55.0 Å². The molecule has 0 aromatic heterocycles. The van der Waals surface area contributed by atoms with E-state index in [0.717, 1.165) is 27.7 Å². The number of carbonyl (C=O) groups is 2. The van der Waals surface area contributed by atoms with E-state index in [1.54, 1.807) is 0 Å². The van der Waals surface area contributed by atoms with Gasteiger partial charge in [-0.2, -0.15) is 0 Å². The van der Waals surface area contributed by atoms with Crippen LogP contribution in [0.5, 0.6) is 0 Å². The van der Waals surface area contributed by atoms with Crippen molar-refractivity contribution in [1.29, 1.82) is 0 Å². The van der Waals surface area contributed by atoms with E-state index in [1.807, 2.05) is 6.92 Å². The predicted molar refractivity (Wildman–Crippen MR) is 130 cm³/mol. The molecular weight excluding hydrogens is 482 g/mol. The first kappa shape index (κ1) is 27.3. The molecule has 0 atom stereocenters. The molecule has 0 fully saturated rings. The number of rotatable bonds is 11. The highest BCUT2D eigenvalue weighted by molar-refractivity contribution is 7.92. The SMILES string of the molecule is CCCCOC(=O)c1ccc(NC(=O)CN(c2ccc(S(=O)(=O)N(C)C)cc2)S(C)(=O)=O)cc1. The molecule has 34 heavy (non-hydrogen) atoms. The molecule has 0 saturated heterocycles. The molecule has 0 aliphatic heterocycles. The molecular formula is C22H29N3O7S2. The average molecular weight is 512 g/mol. The molecule has 12 heteroatoms. The third-order valence-corrected chi connectivity index (χ3v) is 7.70. The second kappa shape index (κ2) is 11.4. The summed E-state index contributed by atoms with van der Waals surface area (Å²) in [6.07, 6.45) is 2.62. The third-order valence-electron chi connectivity index (χ3n) is 4.73. The van der Waals surface area contributed by atoms with E-state index >= 15 is 0 Å². The number of esters is 1. The number of hydrogen-bond donors (Lipinski definition) is 1. The fourth-order valence-corrected chi connectivity index (χ4v) is 4.57. The monoisotopic (exact) mass is 511 g/mol. The maximum absolute atomic E-state index is 12.5. The number of benzene rings is 2. The number of hydrogen-bond acceptors (Lipinski definition) is 7. The van der Waals surface area contributed by atoms with Gasteiger partial charge in [0.1, 0.15) is 6.54 Å². The molecule has 1 N–H and O–H groups in total. The van der Waals surface area contributed by atoms with E-state index < -0.39 is 38.5 Å². The maximum Gasteiger partial charge on any atom is 0.338 e. The zero-order valence-electron chi connectivity index (χ0n) is 19.5. The van der Waals surface area contributed by atoms with Crippen molar-refractivity contribution < 1.29 is 31.2 Å². The van der Waals surface area contributed by atoms with Crippen molar-refractivity contribution in [3.05, 3.63) is 54.1 Å². The van der Waals surface area contributed by atoms with Gasteiger partial charge < -0.3 is 10.1 Å². The molecule has 0 radical (unpaired) electrons. The Labute approximate surface area is 200 Å². The van der Waals surface area contributed by atoms with Gasteiger partial charge in [-0.25, -0.2) is 25.9 Å². The number of nitrogens with zero attached hydrogens (tertiary/aromatic N) is 2. The smallest absolute Gasteiger partial charge is 0.338 e. The molecule has 2 rings (SSSR count). The minimum atomic E-state index is -3.85. The summed E-state index contributed by atoms with van der Waals surface area (Å²) in [5, 5.41) is 2.58. The van der Waals surface area contributed by atoms with Crippen LogP contribution in [0.2, 0.25) is 0 Å². The Balaban J connectivity index is 2.11. The molecule has 0 unspecified atom stereocenters. The van der Waals surface area contributed by atoms with Gasteiger partial charge in [0.15, 0.2) is 0 Å². The number of ether oxygens (including phenoxy) is 1. The molecule has 1 amide bonds. The number of sulfonamides is 2. The van der Waals surface area contributed by atoms with Crippen LogP contribution >= 0.6 is 0 Å². The number of nitrogens with one attached hydrogen (secondary N) is 1. The van der Waals surface area contributed by atoms with Crippen LogP contribution in [0.15, 0.2) is 53.4 Å². The Kier molecular flexibility index (Phi) is 9.19. The highest BCUT2D eigenvalue weighted by Crippen LogP contribution is 2.22. The standard InChI is InChI=1S/C22H29N3O7S2/c1-5-6-15-32-22(27)17-7-9-18(10-8-17)23-21(26)16-25(33(4,28)29)19-11-13-20(14-12-19)34(30,31)24(2)3/h7-14H,5-6,15-16H2,1-4H3,(H,23,26). The van der Waals surface area contributed by atoms with Gasteiger partial charge in [0.05, 0.1) is 29.0 Å². The van der Waals surface area contributed by atoms with Gasteiger partial charge in [0, 0.05) is 19.8 Å². The van der Waals surface area contributed by atoms with Crippen LogP contribution in [0.1, 0.15) is 30.1 Å². The molecule has 0 saturated carbocycles. The Morgan fingerprint density at radius 3 is 2.03 bits per heavy atom. The summed E-state index contributed by atoms with van der Waals surface area (Å²) in [6.45, 7) is 1.79. The lowest BCUT2D eigenvalue weighted by atomic mass is 10.2. The van der Waals surface area contributed by atoms with Crippen molar-refractivity contribution in [3.8, 4) is 0 Å². The minimum absolute atomic E-state index is 0.00698. The second-order valence-electron chi connectivity index (χ2n) is 7.67. The molecule has 0 aliphatic carbocycles. The fraction of sp³-hybridized carbons (Fsp3) is 0.364. The largest absolute Gasteiger partial charge is 0.462 e. The number of amides is 1. The van der Waals surface area contributed by atoms with Crippen LogP contribution in [0, 0.1) is 0 Å². The summed E-state index contributed by atoms with van der Waals surface area (Å²) in [4.78, 5) is 24.5. The van der Waals surface area contributed by atoms with Crippen LogP contribution < -0.4 is 9.62 Å². The molecule has 10 nitrogen and oxygen atoms in total. The molecule has 186 valence electrons. The van der Waals surface area contributed by atoms with E-state index in [2.05, 4.69) is 5.32 Å². The lowest BCUT2D eigenvalue weighted by Gasteiger charge is -2.22. The number of anilines is 2. The molecule has 0 aliphatic rings. The van der Waals surface area contributed by atoms with Crippen molar-refractivity contribution in [2.75, 3.05) is 43.1 Å². The van der Waals surface area contributed by atoms with E-state index in [0.29, 0.717) is 17.9 Å². The summed E-state index contributed by atoms with van der Waals surface area (Å²) >= 11 is 0. The fourth-order valence-electron chi connectivity index (χ4n) is 2.81. The Morgan fingerprint density at radius 1 is 0.941 bits per heavy atom. The third kappa shape index (κ3) is 7.27. The quantitative estimate of drug-likeness (QED) is 0.362. The Morgan fingerprint density at radius 2 is 1.53 bits per heavy atom. The van der Waals surface area contributed by atoms with Gasteiger partial charge in [0.25, 0.3) is 0 Å². The van der Waals surface area contributed by atoms with E-state index in [4.69, 9.17) is 4.74 Å². The highest BCUT2D eigenvalue weighted by atomic mass is 32.2. The van der Waals surface area contributed by atoms with Crippen LogP contribution in [-0.2, 0) is 29.6 Å². The lowest BCUT2D eigenvalue weighted by Crippen LogP contribution is -2.37. The van der Waals surface area contributed by atoms with Crippen molar-refractivity contribution in [2.45, 2.75) is 24.7 Å². The van der Waals surface area contributed by atoms with Crippen molar-refractivity contribution >= 4 is 43.3 Å². The number of unbranched alkanes of at least 4 members (excludes halogenated alkanes) is 1. The van der Waals surface area contributed by atoms with Crippen molar-refractivity contribution in [2.24, 2.45) is 0 Å². The first-order chi connectivity index (χ1) is 15.9. The summed E-state index contributed by atoms with van der Waals surface area (Å²) in [7, 11) is -4.76. The molecule has 0 heterocycles. The summed E-state index contributed by atoms with van der Waals surface area (Å²) in [5.74, 6) is -1.08. The zero-order chi connectivity index (χ0) is 25.5. The van der Waals surface area contributed by atoms with Crippen LogP contribution in [-0.4, -0.2) is 66.5 Å². The minimum Gasteiger partial charge on any atom is -0.462 e. The Hall–Kier alpha value is -2.96. The van der Waals surface area contributed by atoms with Gasteiger partial charge in [-0.3, -0.25) is 9.10 Å². The van der Waals surface area contributed by atoms with Gasteiger partial charge in [-0.15, -0.1) is 0 Å². The van der Waals surface area contributed by atoms with Gasteiger partial charge in [-0.1, -0.05) is 13.3 Å². The van der Waals surface area contributed by atoms with Crippen LogP contribution in [0.4, 0.5) is 11.4 Å². The number of carbonyl (C=O) groups excluding carboxylic acids is 2. The van der Waals surface area contributed by atoms with E-state index in [9.17, 15) is 26.4 Å². The normalized spacial score (nSPS) is 11.8.